The fourth-order valence-corrected chi connectivity index (χ4v) is 1.85. The molecule has 0 saturated carbocycles. The van der Waals surface area contributed by atoms with Crippen molar-refractivity contribution in [2.24, 2.45) is 5.92 Å². The van der Waals surface area contributed by atoms with Gasteiger partial charge in [0.2, 0.25) is 0 Å². The van der Waals surface area contributed by atoms with E-state index in [1.807, 2.05) is 13.8 Å². The van der Waals surface area contributed by atoms with Gasteiger partial charge in [0.25, 0.3) is 0 Å². The number of anilines is 1. The highest BCUT2D eigenvalue weighted by Crippen LogP contribution is 2.33. The minimum absolute atomic E-state index is 0.131. The van der Waals surface area contributed by atoms with Gasteiger partial charge in [-0.3, -0.25) is 0 Å². The number of ether oxygens (including phenoxy) is 1. The maximum atomic E-state index is 12.7. The van der Waals surface area contributed by atoms with Crippen LogP contribution in [0.15, 0.2) is 18.2 Å². The van der Waals surface area contributed by atoms with E-state index in [0.717, 1.165) is 12.1 Å². The Kier molecular flexibility index (Phi) is 5.60. The average molecular weight is 305 g/mol. The summed E-state index contributed by atoms with van der Waals surface area (Å²) in [5, 5.41) is 11.9. The van der Waals surface area contributed by atoms with E-state index in [0.29, 0.717) is 12.3 Å². The number of halogens is 3. The highest BCUT2D eigenvalue weighted by molar-refractivity contribution is 5.91. The number of methoxy groups -OCH3 is 1. The third-order valence-electron chi connectivity index (χ3n) is 3.06. The molecule has 0 aliphatic carbocycles. The molecule has 0 radical (unpaired) electrons. The number of rotatable bonds is 6. The number of benzene rings is 1. The molecule has 0 aliphatic rings. The molecule has 0 fully saturated rings. The molecular weight excluding hydrogens is 287 g/mol. The Morgan fingerprint density at radius 2 is 2.00 bits per heavy atom. The summed E-state index contributed by atoms with van der Waals surface area (Å²) in [5.41, 5.74) is -1.61. The van der Waals surface area contributed by atoms with Gasteiger partial charge in [0.15, 0.2) is 0 Å². The largest absolute Gasteiger partial charge is 0.478 e. The van der Waals surface area contributed by atoms with Gasteiger partial charge >= 0.3 is 12.1 Å². The van der Waals surface area contributed by atoms with Crippen molar-refractivity contribution in [3.05, 3.63) is 29.3 Å². The van der Waals surface area contributed by atoms with Gasteiger partial charge in [-0.2, -0.15) is 13.2 Å². The summed E-state index contributed by atoms with van der Waals surface area (Å²) in [6.07, 6.45) is -4.70. The van der Waals surface area contributed by atoms with Crippen molar-refractivity contribution in [1.82, 2.24) is 0 Å². The third kappa shape index (κ3) is 4.63. The van der Waals surface area contributed by atoms with E-state index in [-0.39, 0.29) is 12.0 Å². The maximum Gasteiger partial charge on any atom is 0.417 e. The first-order valence-corrected chi connectivity index (χ1v) is 6.36. The number of carbonyl (C=O) groups is 1. The molecule has 0 aliphatic heterocycles. The van der Waals surface area contributed by atoms with Crippen molar-refractivity contribution >= 4 is 11.7 Å². The van der Waals surface area contributed by atoms with Crippen LogP contribution in [0.3, 0.4) is 0 Å². The van der Waals surface area contributed by atoms with Crippen LogP contribution in [0.4, 0.5) is 18.9 Å². The Balaban J connectivity index is 3.11. The average Bonchev–Trinajstić information content (AvgIpc) is 2.36. The number of carboxylic acids is 1. The summed E-state index contributed by atoms with van der Waals surface area (Å²) in [7, 11) is 1.52. The second kappa shape index (κ2) is 6.80. The topological polar surface area (TPSA) is 58.6 Å². The minimum Gasteiger partial charge on any atom is -0.478 e. The van der Waals surface area contributed by atoms with Crippen LogP contribution in [-0.4, -0.2) is 30.8 Å². The van der Waals surface area contributed by atoms with Crippen LogP contribution in [0.25, 0.3) is 0 Å². The SMILES string of the molecule is COCC(Nc1ccc(C(F)(F)F)c(C(=O)O)c1)C(C)C. The molecule has 1 rings (SSSR count). The second-order valence-corrected chi connectivity index (χ2v) is 5.01. The zero-order valence-electron chi connectivity index (χ0n) is 12.0. The lowest BCUT2D eigenvalue weighted by atomic mass is 10.0. The van der Waals surface area contributed by atoms with Crippen LogP contribution in [0.2, 0.25) is 0 Å². The molecule has 4 nitrogen and oxygen atoms in total. The van der Waals surface area contributed by atoms with Gasteiger partial charge in [0, 0.05) is 12.8 Å². The van der Waals surface area contributed by atoms with Crippen molar-refractivity contribution in [3.63, 3.8) is 0 Å². The highest BCUT2D eigenvalue weighted by atomic mass is 19.4. The predicted octanol–water partition coefficient (Wildman–Crippen LogP) is 3.49. The van der Waals surface area contributed by atoms with E-state index < -0.39 is 23.3 Å². The molecular formula is C14H18F3NO3. The molecule has 0 amide bonds. The normalized spacial score (nSPS) is 13.3. The molecule has 0 aromatic heterocycles. The van der Waals surface area contributed by atoms with E-state index >= 15 is 0 Å². The first-order valence-electron chi connectivity index (χ1n) is 6.36. The molecule has 118 valence electrons. The van der Waals surface area contributed by atoms with Gasteiger partial charge in [0.05, 0.1) is 23.8 Å². The first kappa shape index (κ1) is 17.3. The van der Waals surface area contributed by atoms with Crippen molar-refractivity contribution in [1.29, 1.82) is 0 Å². The Hall–Kier alpha value is -1.76. The molecule has 0 bridgehead atoms. The van der Waals surface area contributed by atoms with Crippen LogP contribution in [0.1, 0.15) is 29.8 Å². The van der Waals surface area contributed by atoms with Gasteiger partial charge in [0.1, 0.15) is 0 Å². The quantitative estimate of drug-likeness (QED) is 0.844. The number of aromatic carboxylic acids is 1. The van der Waals surface area contributed by atoms with Gasteiger partial charge in [-0.05, 0) is 24.1 Å². The summed E-state index contributed by atoms with van der Waals surface area (Å²) < 4.78 is 43.3. The van der Waals surface area contributed by atoms with Crippen molar-refractivity contribution < 1.29 is 27.8 Å². The van der Waals surface area contributed by atoms with Gasteiger partial charge < -0.3 is 15.2 Å². The number of alkyl halides is 3. The van der Waals surface area contributed by atoms with Crippen molar-refractivity contribution in [2.75, 3.05) is 19.0 Å². The summed E-state index contributed by atoms with van der Waals surface area (Å²) >= 11 is 0. The maximum absolute atomic E-state index is 12.7. The first-order chi connectivity index (χ1) is 9.66. The van der Waals surface area contributed by atoms with E-state index in [9.17, 15) is 18.0 Å². The zero-order chi connectivity index (χ0) is 16.2. The Bertz CT molecular complexity index is 501. The third-order valence-corrected chi connectivity index (χ3v) is 3.06. The fraction of sp³-hybridized carbons (Fsp3) is 0.500. The number of hydrogen-bond donors (Lipinski definition) is 2. The summed E-state index contributed by atoms with van der Waals surface area (Å²) in [6, 6.07) is 2.86. The molecule has 21 heavy (non-hydrogen) atoms. The summed E-state index contributed by atoms with van der Waals surface area (Å²) in [6.45, 7) is 4.22. The molecule has 1 aromatic carbocycles. The lowest BCUT2D eigenvalue weighted by molar-refractivity contribution is -0.138. The van der Waals surface area contributed by atoms with Gasteiger partial charge in [-0.25, -0.2) is 4.79 Å². The Labute approximate surface area is 120 Å². The van der Waals surface area contributed by atoms with E-state index in [2.05, 4.69) is 5.32 Å². The molecule has 2 N–H and O–H groups in total. The molecule has 1 aromatic rings. The van der Waals surface area contributed by atoms with E-state index in [4.69, 9.17) is 9.84 Å². The summed E-state index contributed by atoms with van der Waals surface area (Å²) in [4.78, 5) is 11.0. The molecule has 0 spiro atoms. The predicted molar refractivity (Wildman–Crippen MR) is 72.5 cm³/mol. The molecule has 7 heteroatoms. The van der Waals surface area contributed by atoms with Crippen molar-refractivity contribution in [3.8, 4) is 0 Å². The second-order valence-electron chi connectivity index (χ2n) is 5.01. The van der Waals surface area contributed by atoms with E-state index in [1.54, 1.807) is 0 Å². The van der Waals surface area contributed by atoms with Gasteiger partial charge in [-0.15, -0.1) is 0 Å². The Morgan fingerprint density at radius 1 is 1.38 bits per heavy atom. The van der Waals surface area contributed by atoms with Crippen molar-refractivity contribution in [2.45, 2.75) is 26.1 Å². The van der Waals surface area contributed by atoms with Crippen LogP contribution in [0.5, 0.6) is 0 Å². The van der Waals surface area contributed by atoms with Crippen LogP contribution in [-0.2, 0) is 10.9 Å². The van der Waals surface area contributed by atoms with Crippen LogP contribution in [0, 0.1) is 5.92 Å². The van der Waals surface area contributed by atoms with E-state index in [1.165, 1.54) is 13.2 Å². The van der Waals surface area contributed by atoms with Crippen LogP contribution >= 0.6 is 0 Å². The number of carboxylic acid groups (broad SMARTS) is 1. The smallest absolute Gasteiger partial charge is 0.417 e. The van der Waals surface area contributed by atoms with Crippen LogP contribution < -0.4 is 5.32 Å². The fourth-order valence-electron chi connectivity index (χ4n) is 1.85. The molecule has 1 atom stereocenters. The minimum atomic E-state index is -4.70. The molecule has 0 heterocycles. The highest BCUT2D eigenvalue weighted by Gasteiger charge is 2.35. The van der Waals surface area contributed by atoms with Gasteiger partial charge in [-0.1, -0.05) is 13.8 Å². The number of hydrogen-bond acceptors (Lipinski definition) is 3. The number of nitrogens with one attached hydrogen (secondary N) is 1. The lowest BCUT2D eigenvalue weighted by Crippen LogP contribution is -2.30. The zero-order valence-corrected chi connectivity index (χ0v) is 12.0. The Morgan fingerprint density at radius 3 is 2.43 bits per heavy atom. The standard InChI is InChI=1S/C14H18F3NO3/c1-8(2)12(7-21-3)18-9-4-5-11(14(15,16)17)10(6-9)13(19)20/h4-6,8,12,18H,7H2,1-3H3,(H,19,20). The molecule has 1 unspecified atom stereocenters. The summed E-state index contributed by atoms with van der Waals surface area (Å²) in [5.74, 6) is -1.45. The molecule has 0 saturated heterocycles. The lowest BCUT2D eigenvalue weighted by Gasteiger charge is -2.23. The monoisotopic (exact) mass is 305 g/mol.